The predicted octanol–water partition coefficient (Wildman–Crippen LogP) is 2.84. The molecule has 1 fully saturated rings. The molecule has 0 amide bonds. The van der Waals surface area contributed by atoms with Crippen LogP contribution in [0.5, 0.6) is 0 Å². The van der Waals surface area contributed by atoms with Crippen molar-refractivity contribution >= 4 is 11.3 Å². The van der Waals surface area contributed by atoms with Crippen molar-refractivity contribution in [2.45, 2.75) is 38.8 Å². The summed E-state index contributed by atoms with van der Waals surface area (Å²) >= 11 is 1.77. The fourth-order valence-electron chi connectivity index (χ4n) is 2.01. The average Bonchev–Trinajstić information content (AvgIpc) is 2.92. The molecule has 2 heterocycles. The number of aromatic nitrogens is 3. The number of nitrogens with zero attached hydrogens (tertiary/aromatic N) is 3. The molecule has 1 saturated carbocycles. The Balaban J connectivity index is 1.73. The van der Waals surface area contributed by atoms with Gasteiger partial charge in [-0.3, -0.25) is 0 Å². The van der Waals surface area contributed by atoms with Crippen LogP contribution >= 0.6 is 11.3 Å². The summed E-state index contributed by atoms with van der Waals surface area (Å²) in [5.74, 6) is 0. The first-order valence-electron chi connectivity index (χ1n) is 6.56. The van der Waals surface area contributed by atoms with Crippen molar-refractivity contribution in [1.82, 2.24) is 19.9 Å². The lowest BCUT2D eigenvalue weighted by atomic mass is 10.4. The lowest BCUT2D eigenvalue weighted by Gasteiger charge is -2.02. The van der Waals surface area contributed by atoms with Crippen LogP contribution < -0.4 is 5.32 Å². The molecule has 0 aromatic carbocycles. The minimum atomic E-state index is 0.660. The standard InChI is InChI=1S/C13H18N4S/c1-2-5-14-6-11-7-16-13(18-11)12-8-15-9-17(12)10-3-4-10/h7-10,14H,2-6H2,1H3. The fraction of sp³-hybridized carbons (Fsp3) is 0.538. The Bertz CT molecular complexity index is 513. The summed E-state index contributed by atoms with van der Waals surface area (Å²) in [4.78, 5) is 10.1. The van der Waals surface area contributed by atoms with Crippen molar-refractivity contribution < 1.29 is 0 Å². The van der Waals surface area contributed by atoms with Gasteiger partial charge in [-0.1, -0.05) is 6.92 Å². The zero-order chi connectivity index (χ0) is 12.4. The molecule has 2 aromatic rings. The number of thiazole rings is 1. The Morgan fingerprint density at radius 3 is 3.11 bits per heavy atom. The van der Waals surface area contributed by atoms with Crippen LogP contribution in [0.3, 0.4) is 0 Å². The van der Waals surface area contributed by atoms with E-state index in [0.717, 1.165) is 18.1 Å². The van der Waals surface area contributed by atoms with E-state index in [2.05, 4.69) is 26.8 Å². The topological polar surface area (TPSA) is 42.7 Å². The summed E-state index contributed by atoms with van der Waals surface area (Å²) in [7, 11) is 0. The number of rotatable bonds is 6. The number of nitrogens with one attached hydrogen (secondary N) is 1. The van der Waals surface area contributed by atoms with Gasteiger partial charge >= 0.3 is 0 Å². The molecule has 0 unspecified atom stereocenters. The van der Waals surface area contributed by atoms with Crippen LogP contribution in [0.25, 0.3) is 10.7 Å². The smallest absolute Gasteiger partial charge is 0.141 e. The largest absolute Gasteiger partial charge is 0.326 e. The number of hydrogen-bond donors (Lipinski definition) is 1. The summed E-state index contributed by atoms with van der Waals surface area (Å²) in [5, 5.41) is 4.50. The van der Waals surface area contributed by atoms with Crippen molar-refractivity contribution in [1.29, 1.82) is 0 Å². The summed E-state index contributed by atoms with van der Waals surface area (Å²) in [6.07, 6.45) is 9.57. The maximum absolute atomic E-state index is 4.53. The average molecular weight is 262 g/mol. The Hall–Kier alpha value is -1.20. The maximum atomic E-state index is 4.53. The van der Waals surface area contributed by atoms with Crippen LogP contribution in [-0.2, 0) is 6.54 Å². The quantitative estimate of drug-likeness (QED) is 0.814. The molecule has 0 saturated heterocycles. The summed E-state index contributed by atoms with van der Waals surface area (Å²) in [5.41, 5.74) is 1.17. The van der Waals surface area contributed by atoms with Crippen LogP contribution in [0.15, 0.2) is 18.7 Å². The van der Waals surface area contributed by atoms with E-state index in [4.69, 9.17) is 0 Å². The molecule has 1 aliphatic rings. The second kappa shape index (κ2) is 5.20. The Labute approximate surface area is 111 Å². The zero-order valence-corrected chi connectivity index (χ0v) is 11.4. The molecule has 5 heteroatoms. The van der Waals surface area contributed by atoms with Crippen molar-refractivity contribution in [3.05, 3.63) is 23.6 Å². The van der Waals surface area contributed by atoms with Gasteiger partial charge in [0.15, 0.2) is 0 Å². The third kappa shape index (κ3) is 2.47. The Kier molecular flexibility index (Phi) is 3.43. The molecule has 0 bridgehead atoms. The first-order valence-corrected chi connectivity index (χ1v) is 7.37. The minimum absolute atomic E-state index is 0.660. The van der Waals surface area contributed by atoms with Crippen LogP contribution in [0.4, 0.5) is 0 Å². The highest BCUT2D eigenvalue weighted by Gasteiger charge is 2.26. The van der Waals surface area contributed by atoms with Gasteiger partial charge in [0.2, 0.25) is 0 Å². The van der Waals surface area contributed by atoms with Gasteiger partial charge in [-0.25, -0.2) is 9.97 Å². The molecule has 1 aliphatic carbocycles. The Morgan fingerprint density at radius 1 is 1.44 bits per heavy atom. The van der Waals surface area contributed by atoms with E-state index in [-0.39, 0.29) is 0 Å². The lowest BCUT2D eigenvalue weighted by Crippen LogP contribution is -2.12. The summed E-state index contributed by atoms with van der Waals surface area (Å²) < 4.78 is 2.27. The number of hydrogen-bond acceptors (Lipinski definition) is 4. The van der Waals surface area contributed by atoms with E-state index in [1.54, 1.807) is 11.3 Å². The number of imidazole rings is 1. The van der Waals surface area contributed by atoms with Crippen LogP contribution in [0.2, 0.25) is 0 Å². The molecule has 4 nitrogen and oxygen atoms in total. The van der Waals surface area contributed by atoms with Crippen molar-refractivity contribution in [2.75, 3.05) is 6.54 Å². The van der Waals surface area contributed by atoms with Gasteiger partial charge in [0.25, 0.3) is 0 Å². The molecule has 3 rings (SSSR count). The van der Waals surface area contributed by atoms with Gasteiger partial charge in [0, 0.05) is 23.7 Å². The summed E-state index contributed by atoms with van der Waals surface area (Å²) in [6.45, 7) is 4.16. The van der Waals surface area contributed by atoms with E-state index < -0.39 is 0 Å². The molecule has 0 spiro atoms. The van der Waals surface area contributed by atoms with Crippen molar-refractivity contribution in [3.63, 3.8) is 0 Å². The molecule has 0 atom stereocenters. The van der Waals surface area contributed by atoms with Crippen molar-refractivity contribution in [2.24, 2.45) is 0 Å². The molecule has 2 aromatic heterocycles. The Morgan fingerprint density at radius 2 is 2.33 bits per heavy atom. The molecular weight excluding hydrogens is 244 g/mol. The summed E-state index contributed by atoms with van der Waals surface area (Å²) in [6, 6.07) is 0.660. The molecule has 1 N–H and O–H groups in total. The lowest BCUT2D eigenvalue weighted by molar-refractivity contribution is 0.681. The molecule has 18 heavy (non-hydrogen) atoms. The maximum Gasteiger partial charge on any atom is 0.141 e. The second-order valence-corrected chi connectivity index (χ2v) is 5.84. The highest BCUT2D eigenvalue weighted by Crippen LogP contribution is 2.38. The molecule has 0 radical (unpaired) electrons. The van der Waals surface area contributed by atoms with Gasteiger partial charge < -0.3 is 9.88 Å². The molecule has 96 valence electrons. The van der Waals surface area contributed by atoms with Crippen LogP contribution in [0, 0.1) is 0 Å². The zero-order valence-electron chi connectivity index (χ0n) is 10.6. The van der Waals surface area contributed by atoms with Gasteiger partial charge in [-0.15, -0.1) is 11.3 Å². The normalized spacial score (nSPS) is 15.2. The van der Waals surface area contributed by atoms with Gasteiger partial charge in [-0.05, 0) is 25.8 Å². The van der Waals surface area contributed by atoms with Gasteiger partial charge in [-0.2, -0.15) is 0 Å². The monoisotopic (exact) mass is 262 g/mol. The minimum Gasteiger partial charge on any atom is -0.326 e. The third-order valence-corrected chi connectivity index (χ3v) is 4.12. The predicted molar refractivity (Wildman–Crippen MR) is 73.6 cm³/mol. The molecule has 0 aliphatic heterocycles. The van der Waals surface area contributed by atoms with Crippen LogP contribution in [0.1, 0.15) is 37.1 Å². The fourth-order valence-corrected chi connectivity index (χ4v) is 2.91. The first-order chi connectivity index (χ1) is 8.88. The highest BCUT2D eigenvalue weighted by atomic mass is 32.1. The van der Waals surface area contributed by atoms with Crippen molar-refractivity contribution in [3.8, 4) is 10.7 Å². The highest BCUT2D eigenvalue weighted by molar-refractivity contribution is 7.15. The van der Waals surface area contributed by atoms with Crippen LogP contribution in [-0.4, -0.2) is 21.1 Å². The van der Waals surface area contributed by atoms with E-state index in [1.807, 2.05) is 18.7 Å². The van der Waals surface area contributed by atoms with E-state index in [9.17, 15) is 0 Å². The molecular formula is C13H18N4S. The van der Waals surface area contributed by atoms with Gasteiger partial charge in [0.1, 0.15) is 5.01 Å². The third-order valence-electron chi connectivity index (χ3n) is 3.11. The van der Waals surface area contributed by atoms with E-state index >= 15 is 0 Å². The first kappa shape index (κ1) is 11.9. The SMILES string of the molecule is CCCNCc1cnc(-c2cncn2C2CC2)s1. The second-order valence-electron chi connectivity index (χ2n) is 4.73. The van der Waals surface area contributed by atoms with E-state index in [1.165, 1.54) is 29.8 Å². The van der Waals surface area contributed by atoms with E-state index in [0.29, 0.717) is 6.04 Å². The van der Waals surface area contributed by atoms with Gasteiger partial charge in [0.05, 0.1) is 18.2 Å².